The standard InChI is InChI=1S/C20H19N3O4S/c1-3-27-19(24)17-13(2)21-20(28)22(15-9-5-4-6-10-15)18(17)14-8-7-11-16(12-14)23(25)26/h4-12,18H,3H2,1-2H3,(H,21,28). The van der Waals surface area contributed by atoms with Crippen molar-refractivity contribution in [2.24, 2.45) is 0 Å². The lowest BCUT2D eigenvalue weighted by Crippen LogP contribution is -2.48. The van der Waals surface area contributed by atoms with Crippen molar-refractivity contribution in [2.45, 2.75) is 19.9 Å². The number of hydrogen-bond donors (Lipinski definition) is 1. The molecule has 3 rings (SSSR count). The third-order valence-corrected chi connectivity index (χ3v) is 4.67. The van der Waals surface area contributed by atoms with Crippen molar-refractivity contribution in [1.29, 1.82) is 0 Å². The van der Waals surface area contributed by atoms with Crippen LogP contribution in [-0.4, -0.2) is 22.6 Å². The Kier molecular flexibility index (Phi) is 5.70. The molecule has 0 saturated carbocycles. The summed E-state index contributed by atoms with van der Waals surface area (Å²) >= 11 is 5.55. The zero-order valence-corrected chi connectivity index (χ0v) is 16.2. The van der Waals surface area contributed by atoms with Crippen LogP contribution in [0.2, 0.25) is 0 Å². The molecule has 0 amide bonds. The quantitative estimate of drug-likeness (QED) is 0.355. The number of nitro groups is 1. The molecule has 1 heterocycles. The highest BCUT2D eigenvalue weighted by Crippen LogP contribution is 2.38. The molecule has 28 heavy (non-hydrogen) atoms. The van der Waals surface area contributed by atoms with E-state index in [4.69, 9.17) is 17.0 Å². The Bertz CT molecular complexity index is 959. The van der Waals surface area contributed by atoms with Crippen LogP contribution in [0, 0.1) is 10.1 Å². The first kappa shape index (κ1) is 19.5. The van der Waals surface area contributed by atoms with Gasteiger partial charge in [-0.2, -0.15) is 0 Å². The molecule has 0 spiro atoms. The van der Waals surface area contributed by atoms with E-state index in [1.54, 1.807) is 30.9 Å². The van der Waals surface area contributed by atoms with E-state index in [9.17, 15) is 14.9 Å². The van der Waals surface area contributed by atoms with Crippen molar-refractivity contribution >= 4 is 34.7 Å². The molecule has 0 aliphatic carbocycles. The van der Waals surface area contributed by atoms with Crippen LogP contribution >= 0.6 is 12.2 Å². The number of nitro benzene ring substituents is 1. The van der Waals surface area contributed by atoms with Gasteiger partial charge >= 0.3 is 5.97 Å². The van der Waals surface area contributed by atoms with Crippen LogP contribution in [0.1, 0.15) is 25.5 Å². The number of thiocarbonyl (C=S) groups is 1. The van der Waals surface area contributed by atoms with Crippen molar-refractivity contribution < 1.29 is 14.5 Å². The maximum absolute atomic E-state index is 12.8. The van der Waals surface area contributed by atoms with E-state index in [-0.39, 0.29) is 12.3 Å². The molecule has 1 unspecified atom stereocenters. The molecule has 0 saturated heterocycles. The van der Waals surface area contributed by atoms with Gasteiger partial charge in [-0.15, -0.1) is 0 Å². The van der Waals surface area contributed by atoms with Crippen LogP contribution in [0.25, 0.3) is 0 Å². The fourth-order valence-corrected chi connectivity index (χ4v) is 3.56. The van der Waals surface area contributed by atoms with Gasteiger partial charge in [-0.1, -0.05) is 30.3 Å². The highest BCUT2D eigenvalue weighted by atomic mass is 32.1. The van der Waals surface area contributed by atoms with Crippen LogP contribution in [0.5, 0.6) is 0 Å². The van der Waals surface area contributed by atoms with Crippen LogP contribution < -0.4 is 10.2 Å². The van der Waals surface area contributed by atoms with Gasteiger partial charge in [-0.05, 0) is 43.8 Å². The van der Waals surface area contributed by atoms with Gasteiger partial charge < -0.3 is 15.0 Å². The number of nitrogens with zero attached hydrogens (tertiary/aromatic N) is 2. The number of para-hydroxylation sites is 1. The number of non-ortho nitro benzene ring substituents is 1. The fraction of sp³-hybridized carbons (Fsp3) is 0.200. The molecule has 2 aromatic carbocycles. The first-order valence-corrected chi connectivity index (χ1v) is 9.12. The molecule has 1 aliphatic rings. The smallest absolute Gasteiger partial charge is 0.338 e. The average Bonchev–Trinajstić information content (AvgIpc) is 2.68. The number of carbonyl (C=O) groups excluding carboxylic acids is 1. The molecule has 1 aliphatic heterocycles. The second-order valence-corrected chi connectivity index (χ2v) is 6.54. The average molecular weight is 397 g/mol. The Labute approximate surface area is 167 Å². The maximum Gasteiger partial charge on any atom is 0.338 e. The van der Waals surface area contributed by atoms with Crippen LogP contribution in [0.4, 0.5) is 11.4 Å². The Morgan fingerprint density at radius 3 is 2.61 bits per heavy atom. The first-order chi connectivity index (χ1) is 13.4. The van der Waals surface area contributed by atoms with Gasteiger partial charge in [0.2, 0.25) is 0 Å². The molecule has 144 valence electrons. The first-order valence-electron chi connectivity index (χ1n) is 8.71. The van der Waals surface area contributed by atoms with E-state index >= 15 is 0 Å². The molecule has 7 nitrogen and oxygen atoms in total. The lowest BCUT2D eigenvalue weighted by molar-refractivity contribution is -0.384. The van der Waals surface area contributed by atoms with E-state index in [0.29, 0.717) is 21.9 Å². The van der Waals surface area contributed by atoms with E-state index in [1.807, 2.05) is 30.3 Å². The topological polar surface area (TPSA) is 84.7 Å². The number of benzene rings is 2. The lowest BCUT2D eigenvalue weighted by atomic mass is 9.93. The summed E-state index contributed by atoms with van der Waals surface area (Å²) < 4.78 is 5.26. The number of ether oxygens (including phenoxy) is 1. The minimum Gasteiger partial charge on any atom is -0.463 e. The largest absolute Gasteiger partial charge is 0.463 e. The third-order valence-electron chi connectivity index (χ3n) is 4.38. The van der Waals surface area contributed by atoms with Gasteiger partial charge in [-0.25, -0.2) is 4.79 Å². The van der Waals surface area contributed by atoms with Crippen LogP contribution in [0.15, 0.2) is 65.9 Å². The number of rotatable bonds is 5. The number of esters is 1. The second kappa shape index (κ2) is 8.18. The molecule has 1 atom stereocenters. The third kappa shape index (κ3) is 3.72. The predicted molar refractivity (Wildman–Crippen MR) is 110 cm³/mol. The van der Waals surface area contributed by atoms with E-state index < -0.39 is 16.9 Å². The Morgan fingerprint density at radius 1 is 1.25 bits per heavy atom. The molecule has 8 heteroatoms. The van der Waals surface area contributed by atoms with Gasteiger partial charge in [0.1, 0.15) is 0 Å². The summed E-state index contributed by atoms with van der Waals surface area (Å²) in [5.41, 5.74) is 2.19. The molecule has 2 aromatic rings. The summed E-state index contributed by atoms with van der Waals surface area (Å²) in [7, 11) is 0. The van der Waals surface area contributed by atoms with Gasteiger partial charge in [0.05, 0.1) is 23.1 Å². The lowest BCUT2D eigenvalue weighted by Gasteiger charge is -2.39. The summed E-state index contributed by atoms with van der Waals surface area (Å²) in [6, 6.07) is 14.9. The van der Waals surface area contributed by atoms with Crippen LogP contribution in [-0.2, 0) is 9.53 Å². The summed E-state index contributed by atoms with van der Waals surface area (Å²) in [4.78, 5) is 25.4. The number of anilines is 1. The van der Waals surface area contributed by atoms with E-state index in [2.05, 4.69) is 5.32 Å². The monoisotopic (exact) mass is 397 g/mol. The van der Waals surface area contributed by atoms with Crippen molar-refractivity contribution in [3.8, 4) is 0 Å². The number of nitrogens with one attached hydrogen (secondary N) is 1. The highest BCUT2D eigenvalue weighted by molar-refractivity contribution is 7.80. The molecular weight excluding hydrogens is 378 g/mol. The van der Waals surface area contributed by atoms with Crippen molar-refractivity contribution in [2.75, 3.05) is 11.5 Å². The Morgan fingerprint density at radius 2 is 1.96 bits per heavy atom. The van der Waals surface area contributed by atoms with Gasteiger partial charge in [0.25, 0.3) is 5.69 Å². The summed E-state index contributed by atoms with van der Waals surface area (Å²) in [6.45, 7) is 3.68. The highest BCUT2D eigenvalue weighted by Gasteiger charge is 2.38. The molecular formula is C20H19N3O4S. The van der Waals surface area contributed by atoms with Crippen LogP contribution in [0.3, 0.4) is 0 Å². The van der Waals surface area contributed by atoms with Gasteiger partial charge in [0.15, 0.2) is 5.11 Å². The van der Waals surface area contributed by atoms with Crippen molar-refractivity contribution in [3.05, 3.63) is 81.5 Å². The Balaban J connectivity index is 2.22. The summed E-state index contributed by atoms with van der Waals surface area (Å²) in [5.74, 6) is -0.493. The summed E-state index contributed by atoms with van der Waals surface area (Å²) in [6.07, 6.45) is 0. The number of hydrogen-bond acceptors (Lipinski definition) is 5. The van der Waals surface area contributed by atoms with E-state index in [0.717, 1.165) is 5.69 Å². The van der Waals surface area contributed by atoms with Crippen molar-refractivity contribution in [3.63, 3.8) is 0 Å². The molecule has 0 bridgehead atoms. The predicted octanol–water partition coefficient (Wildman–Crippen LogP) is 3.87. The van der Waals surface area contributed by atoms with E-state index in [1.165, 1.54) is 12.1 Å². The minimum atomic E-state index is -0.657. The second-order valence-electron chi connectivity index (χ2n) is 6.15. The Hall–Kier alpha value is -3.26. The molecule has 0 fully saturated rings. The zero-order valence-electron chi connectivity index (χ0n) is 15.4. The SMILES string of the molecule is CCOC(=O)C1=C(C)NC(=S)N(c2ccccc2)C1c1cccc([N+](=O)[O-])c1. The molecule has 0 aromatic heterocycles. The normalized spacial score (nSPS) is 16.6. The summed E-state index contributed by atoms with van der Waals surface area (Å²) in [5, 5.41) is 14.7. The zero-order chi connectivity index (χ0) is 20.3. The molecule has 1 N–H and O–H groups in total. The number of carbonyl (C=O) groups is 1. The van der Waals surface area contributed by atoms with Crippen molar-refractivity contribution in [1.82, 2.24) is 5.32 Å². The molecule has 0 radical (unpaired) electrons. The maximum atomic E-state index is 12.8. The van der Waals surface area contributed by atoms with Gasteiger partial charge in [0, 0.05) is 23.5 Å². The number of allylic oxidation sites excluding steroid dienone is 1. The van der Waals surface area contributed by atoms with Gasteiger partial charge in [-0.3, -0.25) is 10.1 Å². The fourth-order valence-electron chi connectivity index (χ4n) is 3.19. The minimum absolute atomic E-state index is 0.0594.